The van der Waals surface area contributed by atoms with Crippen LogP contribution in [0.15, 0.2) is 32.4 Å². The molecule has 1 rings (SSSR count). The van der Waals surface area contributed by atoms with Crippen LogP contribution in [0.3, 0.4) is 0 Å². The van der Waals surface area contributed by atoms with Crippen LogP contribution in [0.25, 0.3) is 0 Å². The van der Waals surface area contributed by atoms with Gasteiger partial charge in [0.15, 0.2) is 0 Å². The molecular weight excluding hydrogens is 252 g/mol. The first-order valence-corrected chi connectivity index (χ1v) is 7.03. The second-order valence-electron chi connectivity index (χ2n) is 3.08. The summed E-state index contributed by atoms with van der Waals surface area (Å²) in [5.74, 6) is 0. The standard InChI is InChI=1S/C8H10N2O4S2/c1-6-3-4-7(16(13,14)10-2)5-8(6)15(9,11)12/h3-5H,2H2,1H3,(H2,9,11,12). The summed E-state index contributed by atoms with van der Waals surface area (Å²) in [5.41, 5.74) is 0.366. The molecule has 0 aromatic heterocycles. The fourth-order valence-corrected chi connectivity index (χ4v) is 2.66. The molecule has 8 heteroatoms. The van der Waals surface area contributed by atoms with Gasteiger partial charge in [0.1, 0.15) is 0 Å². The van der Waals surface area contributed by atoms with Crippen molar-refractivity contribution in [1.29, 1.82) is 0 Å². The highest BCUT2D eigenvalue weighted by atomic mass is 32.2. The third-order valence-corrected chi connectivity index (χ3v) is 4.18. The van der Waals surface area contributed by atoms with Gasteiger partial charge in [-0.15, -0.1) is 0 Å². The maximum atomic E-state index is 11.3. The van der Waals surface area contributed by atoms with E-state index in [9.17, 15) is 16.8 Å². The van der Waals surface area contributed by atoms with Gasteiger partial charge in [-0.25, -0.2) is 13.6 Å². The van der Waals surface area contributed by atoms with Gasteiger partial charge < -0.3 is 0 Å². The maximum Gasteiger partial charge on any atom is 0.281 e. The average molecular weight is 262 g/mol. The summed E-state index contributed by atoms with van der Waals surface area (Å²) in [7, 11) is -7.85. The van der Waals surface area contributed by atoms with Gasteiger partial charge in [-0.05, 0) is 24.6 Å². The molecule has 0 spiro atoms. The normalized spacial score (nSPS) is 12.4. The molecule has 0 aliphatic heterocycles. The number of aryl methyl sites for hydroxylation is 1. The number of benzene rings is 1. The fraction of sp³-hybridized carbons (Fsp3) is 0.125. The van der Waals surface area contributed by atoms with Crippen LogP contribution in [0.5, 0.6) is 0 Å². The van der Waals surface area contributed by atoms with Crippen molar-refractivity contribution in [2.24, 2.45) is 9.54 Å². The van der Waals surface area contributed by atoms with E-state index in [0.717, 1.165) is 6.07 Å². The van der Waals surface area contributed by atoms with Crippen molar-refractivity contribution < 1.29 is 16.8 Å². The molecule has 1 aromatic rings. The minimum absolute atomic E-state index is 0.239. The zero-order valence-electron chi connectivity index (χ0n) is 8.41. The van der Waals surface area contributed by atoms with Crippen molar-refractivity contribution in [3.8, 4) is 0 Å². The van der Waals surface area contributed by atoms with Crippen LogP contribution in [0.2, 0.25) is 0 Å². The van der Waals surface area contributed by atoms with Gasteiger partial charge in [0.05, 0.1) is 9.79 Å². The minimum Gasteiger partial charge on any atom is -0.225 e. The molecule has 0 atom stereocenters. The highest BCUT2D eigenvalue weighted by Crippen LogP contribution is 2.20. The molecule has 6 nitrogen and oxygen atoms in total. The summed E-state index contributed by atoms with van der Waals surface area (Å²) in [6.07, 6.45) is 0. The zero-order valence-corrected chi connectivity index (χ0v) is 10.0. The molecule has 0 aliphatic carbocycles. The van der Waals surface area contributed by atoms with Gasteiger partial charge in [0.2, 0.25) is 10.0 Å². The summed E-state index contributed by atoms with van der Waals surface area (Å²) in [6.45, 7) is 4.42. The Kier molecular flexibility index (Phi) is 3.17. The van der Waals surface area contributed by atoms with Gasteiger partial charge in [-0.1, -0.05) is 6.07 Å². The summed E-state index contributed by atoms with van der Waals surface area (Å²) in [4.78, 5) is -0.491. The number of hydrogen-bond acceptors (Lipinski definition) is 4. The third kappa shape index (κ3) is 2.46. The van der Waals surface area contributed by atoms with Gasteiger partial charge in [-0.2, -0.15) is 12.8 Å². The van der Waals surface area contributed by atoms with Crippen LogP contribution in [0, 0.1) is 6.92 Å². The Hall–Kier alpha value is -1.25. The predicted molar refractivity (Wildman–Crippen MR) is 59.3 cm³/mol. The number of nitrogens with two attached hydrogens (primary N) is 1. The molecule has 0 saturated carbocycles. The van der Waals surface area contributed by atoms with Crippen molar-refractivity contribution in [3.05, 3.63) is 23.8 Å². The summed E-state index contributed by atoms with van der Waals surface area (Å²) >= 11 is 0. The van der Waals surface area contributed by atoms with E-state index in [-0.39, 0.29) is 9.79 Å². The largest absolute Gasteiger partial charge is 0.281 e. The van der Waals surface area contributed by atoms with Crippen LogP contribution < -0.4 is 5.14 Å². The smallest absolute Gasteiger partial charge is 0.225 e. The Balaban J connectivity index is 3.59. The Morgan fingerprint density at radius 3 is 2.25 bits per heavy atom. The van der Waals surface area contributed by atoms with Gasteiger partial charge >= 0.3 is 0 Å². The van der Waals surface area contributed by atoms with Gasteiger partial charge in [0.25, 0.3) is 10.0 Å². The molecule has 0 bridgehead atoms. The Morgan fingerprint density at radius 2 is 1.81 bits per heavy atom. The number of nitrogens with zero attached hydrogens (tertiary/aromatic N) is 1. The van der Waals surface area contributed by atoms with Crippen LogP contribution in [0.4, 0.5) is 0 Å². The van der Waals surface area contributed by atoms with Crippen molar-refractivity contribution >= 4 is 26.8 Å². The molecule has 0 heterocycles. The highest BCUT2D eigenvalue weighted by Gasteiger charge is 2.17. The number of primary sulfonamides is 1. The quantitative estimate of drug-likeness (QED) is 0.775. The molecule has 1 aromatic carbocycles. The first-order chi connectivity index (χ1) is 7.18. The van der Waals surface area contributed by atoms with E-state index in [1.165, 1.54) is 19.1 Å². The molecule has 0 saturated heterocycles. The van der Waals surface area contributed by atoms with E-state index in [4.69, 9.17) is 5.14 Å². The van der Waals surface area contributed by atoms with E-state index in [2.05, 4.69) is 11.1 Å². The summed E-state index contributed by atoms with van der Waals surface area (Å²) < 4.78 is 47.9. The van der Waals surface area contributed by atoms with Crippen molar-refractivity contribution in [2.45, 2.75) is 16.7 Å². The van der Waals surface area contributed by atoms with Crippen LogP contribution in [-0.4, -0.2) is 23.6 Å². The molecule has 0 radical (unpaired) electrons. The first-order valence-electron chi connectivity index (χ1n) is 4.05. The fourth-order valence-electron chi connectivity index (χ4n) is 1.12. The molecule has 0 unspecified atom stereocenters. The topological polar surface area (TPSA) is 107 Å². The first kappa shape index (κ1) is 12.8. The second-order valence-corrected chi connectivity index (χ2v) is 6.29. The van der Waals surface area contributed by atoms with Crippen LogP contribution in [-0.2, 0) is 20.0 Å². The Bertz CT molecular complexity index is 632. The van der Waals surface area contributed by atoms with E-state index in [1.54, 1.807) is 0 Å². The number of sulfonamides is 2. The van der Waals surface area contributed by atoms with E-state index < -0.39 is 20.0 Å². The minimum atomic E-state index is -3.95. The lowest BCUT2D eigenvalue weighted by Crippen LogP contribution is -2.14. The van der Waals surface area contributed by atoms with E-state index in [0.29, 0.717) is 5.56 Å². The van der Waals surface area contributed by atoms with Gasteiger partial charge in [-0.3, -0.25) is 0 Å². The number of rotatable bonds is 3. The monoisotopic (exact) mass is 262 g/mol. The molecule has 0 fully saturated rings. The Morgan fingerprint density at radius 1 is 1.25 bits per heavy atom. The molecule has 88 valence electrons. The third-order valence-electron chi connectivity index (χ3n) is 1.93. The summed E-state index contributed by atoms with van der Waals surface area (Å²) in [6, 6.07) is 3.56. The SMILES string of the molecule is C=NS(=O)(=O)c1ccc(C)c(S(N)(=O)=O)c1. The van der Waals surface area contributed by atoms with Crippen LogP contribution in [0.1, 0.15) is 5.56 Å². The number of hydrogen-bond donors (Lipinski definition) is 1. The second kappa shape index (κ2) is 3.96. The maximum absolute atomic E-state index is 11.3. The molecule has 0 aliphatic rings. The molecule has 0 amide bonds. The van der Waals surface area contributed by atoms with Crippen molar-refractivity contribution in [3.63, 3.8) is 0 Å². The van der Waals surface area contributed by atoms with E-state index >= 15 is 0 Å². The molecule has 2 N–H and O–H groups in total. The average Bonchev–Trinajstić information content (AvgIpc) is 2.16. The van der Waals surface area contributed by atoms with Crippen molar-refractivity contribution in [2.75, 3.05) is 0 Å². The lowest BCUT2D eigenvalue weighted by molar-refractivity contribution is 0.595. The van der Waals surface area contributed by atoms with E-state index in [1.807, 2.05) is 0 Å². The zero-order chi connectivity index (χ0) is 12.6. The van der Waals surface area contributed by atoms with Crippen LogP contribution >= 0.6 is 0 Å². The highest BCUT2D eigenvalue weighted by molar-refractivity contribution is 7.90. The lowest BCUT2D eigenvalue weighted by atomic mass is 10.2. The lowest BCUT2D eigenvalue weighted by Gasteiger charge is -2.05. The van der Waals surface area contributed by atoms with Gasteiger partial charge in [0, 0.05) is 6.72 Å². The molecule has 16 heavy (non-hydrogen) atoms. The molecular formula is C8H10N2O4S2. The van der Waals surface area contributed by atoms with Crippen molar-refractivity contribution in [1.82, 2.24) is 0 Å². The predicted octanol–water partition coefficient (Wildman–Crippen LogP) is 0.0317. The Labute approximate surface area is 93.9 Å². The summed E-state index contributed by atoms with van der Waals surface area (Å²) in [5, 5.41) is 4.94.